The summed E-state index contributed by atoms with van der Waals surface area (Å²) in [5.41, 5.74) is -0.00784. The van der Waals surface area contributed by atoms with Crippen molar-refractivity contribution < 1.29 is 14.6 Å². The van der Waals surface area contributed by atoms with E-state index in [4.69, 9.17) is 4.74 Å². The van der Waals surface area contributed by atoms with E-state index in [1.165, 1.54) is 0 Å². The minimum atomic E-state index is -0.139. The highest BCUT2D eigenvalue weighted by atomic mass is 16.5. The number of ether oxygens (including phenoxy) is 1. The summed E-state index contributed by atoms with van der Waals surface area (Å²) in [6, 6.07) is 0. The molecule has 0 bridgehead atoms. The first-order valence-electron chi connectivity index (χ1n) is 5.19. The molecule has 3 heteroatoms. The summed E-state index contributed by atoms with van der Waals surface area (Å²) in [4.78, 5) is 11.2. The van der Waals surface area contributed by atoms with Crippen LogP contribution in [-0.4, -0.2) is 19.2 Å². The topological polar surface area (TPSA) is 46.2 Å². The Balaban J connectivity index is 3.36. The number of hydrogen-bond donors (Lipinski definition) is 0. The summed E-state index contributed by atoms with van der Waals surface area (Å²) in [7, 11) is 0. The maximum absolute atomic E-state index is 11.2. The number of esters is 1. The highest BCUT2D eigenvalue weighted by Crippen LogP contribution is 2.18. The molecule has 0 saturated heterocycles. The maximum atomic E-state index is 11.2. The fourth-order valence-electron chi connectivity index (χ4n) is 1.05. The van der Waals surface area contributed by atoms with Gasteiger partial charge in [-0.15, -0.1) is 0 Å². The van der Waals surface area contributed by atoms with E-state index < -0.39 is 0 Å². The Kier molecular flexibility index (Phi) is 6.54. The smallest absolute Gasteiger partial charge is 0.306 e. The van der Waals surface area contributed by atoms with E-state index in [2.05, 4.69) is 0 Å². The SMILES string of the molecule is CC(C)(C)CC(=O)OCCCCC[O]. The van der Waals surface area contributed by atoms with Gasteiger partial charge in [0.2, 0.25) is 0 Å². The van der Waals surface area contributed by atoms with E-state index >= 15 is 0 Å². The first-order valence-corrected chi connectivity index (χ1v) is 5.19. The van der Waals surface area contributed by atoms with Crippen molar-refractivity contribution in [2.75, 3.05) is 13.2 Å². The first kappa shape index (κ1) is 13.4. The lowest BCUT2D eigenvalue weighted by molar-refractivity contribution is -0.145. The van der Waals surface area contributed by atoms with E-state index in [9.17, 15) is 9.90 Å². The van der Waals surface area contributed by atoms with Crippen molar-refractivity contribution in [2.24, 2.45) is 5.41 Å². The van der Waals surface area contributed by atoms with Gasteiger partial charge >= 0.3 is 5.97 Å². The predicted octanol–water partition coefficient (Wildman–Crippen LogP) is 2.57. The van der Waals surface area contributed by atoms with Crippen LogP contribution in [0, 0.1) is 5.41 Å². The molecule has 0 aromatic heterocycles. The van der Waals surface area contributed by atoms with Crippen LogP contribution in [0.15, 0.2) is 0 Å². The van der Waals surface area contributed by atoms with Gasteiger partial charge in [-0.3, -0.25) is 4.79 Å². The van der Waals surface area contributed by atoms with Gasteiger partial charge in [0.05, 0.1) is 19.6 Å². The number of carbonyl (C=O) groups is 1. The monoisotopic (exact) mass is 201 g/mol. The first-order chi connectivity index (χ1) is 6.45. The molecule has 0 saturated carbocycles. The minimum Gasteiger partial charge on any atom is -0.466 e. The van der Waals surface area contributed by atoms with Crippen LogP contribution in [0.1, 0.15) is 46.5 Å². The van der Waals surface area contributed by atoms with Crippen molar-refractivity contribution >= 4 is 5.97 Å². The standard InChI is InChI=1S/C11H21O3/c1-11(2,3)9-10(13)14-8-6-4-5-7-12/h4-9H2,1-3H3. The minimum absolute atomic E-state index is 0.00784. The van der Waals surface area contributed by atoms with Crippen molar-refractivity contribution in [3.63, 3.8) is 0 Å². The molecule has 0 aliphatic rings. The van der Waals surface area contributed by atoms with Crippen molar-refractivity contribution in [1.82, 2.24) is 0 Å². The average Bonchev–Trinajstić information content (AvgIpc) is 2.00. The zero-order valence-corrected chi connectivity index (χ0v) is 9.47. The Labute approximate surface area is 86.5 Å². The lowest BCUT2D eigenvalue weighted by Crippen LogP contribution is -2.15. The third-order valence-electron chi connectivity index (χ3n) is 1.73. The maximum Gasteiger partial charge on any atom is 0.306 e. The molecule has 0 aromatic rings. The van der Waals surface area contributed by atoms with Gasteiger partial charge in [-0.2, -0.15) is 0 Å². The predicted molar refractivity (Wildman–Crippen MR) is 54.4 cm³/mol. The van der Waals surface area contributed by atoms with Gasteiger partial charge in [0, 0.05) is 0 Å². The summed E-state index contributed by atoms with van der Waals surface area (Å²) in [6.07, 6.45) is 2.79. The molecule has 3 nitrogen and oxygen atoms in total. The van der Waals surface area contributed by atoms with Crippen LogP contribution in [0.5, 0.6) is 0 Å². The van der Waals surface area contributed by atoms with E-state index in [1.54, 1.807) is 0 Å². The Bertz CT molecular complexity index is 158. The molecule has 0 atom stereocenters. The van der Waals surface area contributed by atoms with Crippen LogP contribution in [0.4, 0.5) is 0 Å². The van der Waals surface area contributed by atoms with Crippen LogP contribution in [-0.2, 0) is 14.6 Å². The van der Waals surface area contributed by atoms with Crippen LogP contribution < -0.4 is 0 Å². The van der Waals surface area contributed by atoms with Gasteiger partial charge in [-0.1, -0.05) is 20.8 Å². The Morgan fingerprint density at radius 2 is 1.79 bits per heavy atom. The molecule has 0 spiro atoms. The molecule has 0 aliphatic heterocycles. The molecule has 14 heavy (non-hydrogen) atoms. The summed E-state index contributed by atoms with van der Waals surface area (Å²) in [5, 5.41) is 10.1. The van der Waals surface area contributed by atoms with Gasteiger partial charge < -0.3 is 4.74 Å². The fourth-order valence-corrected chi connectivity index (χ4v) is 1.05. The van der Waals surface area contributed by atoms with Crippen molar-refractivity contribution in [3.05, 3.63) is 0 Å². The molecule has 0 amide bonds. The van der Waals surface area contributed by atoms with Gasteiger partial charge in [0.15, 0.2) is 0 Å². The molecular formula is C11H21O3. The molecule has 0 N–H and O–H groups in total. The van der Waals surface area contributed by atoms with Gasteiger partial charge in [-0.05, 0) is 24.7 Å². The van der Waals surface area contributed by atoms with E-state index in [1.807, 2.05) is 20.8 Å². The van der Waals surface area contributed by atoms with Crippen LogP contribution in [0.25, 0.3) is 0 Å². The summed E-state index contributed by atoms with van der Waals surface area (Å²) in [5.74, 6) is -0.139. The summed E-state index contributed by atoms with van der Waals surface area (Å²) >= 11 is 0. The quantitative estimate of drug-likeness (QED) is 0.489. The summed E-state index contributed by atoms with van der Waals surface area (Å²) in [6.45, 7) is 6.44. The van der Waals surface area contributed by atoms with Crippen molar-refractivity contribution in [1.29, 1.82) is 0 Å². The van der Waals surface area contributed by atoms with E-state index in [-0.39, 0.29) is 18.0 Å². The molecule has 0 aliphatic carbocycles. The number of unbranched alkanes of at least 4 members (excludes halogenated alkanes) is 2. The van der Waals surface area contributed by atoms with Crippen molar-refractivity contribution in [3.8, 4) is 0 Å². The third kappa shape index (κ3) is 9.52. The largest absolute Gasteiger partial charge is 0.466 e. The van der Waals surface area contributed by atoms with Gasteiger partial charge in [0.25, 0.3) is 0 Å². The normalized spacial score (nSPS) is 11.4. The van der Waals surface area contributed by atoms with Gasteiger partial charge in [0.1, 0.15) is 0 Å². The van der Waals surface area contributed by atoms with Crippen LogP contribution >= 0.6 is 0 Å². The number of carbonyl (C=O) groups excluding carboxylic acids is 1. The number of rotatable bonds is 6. The number of hydrogen-bond acceptors (Lipinski definition) is 2. The van der Waals surface area contributed by atoms with Crippen molar-refractivity contribution in [2.45, 2.75) is 46.5 Å². The Morgan fingerprint density at radius 1 is 1.14 bits per heavy atom. The Hall–Kier alpha value is -0.570. The molecule has 0 fully saturated rings. The summed E-state index contributed by atoms with van der Waals surface area (Å²) < 4.78 is 5.02. The third-order valence-corrected chi connectivity index (χ3v) is 1.73. The van der Waals surface area contributed by atoms with E-state index in [0.717, 1.165) is 12.8 Å². The molecule has 0 aromatic carbocycles. The molecular weight excluding hydrogens is 180 g/mol. The molecule has 0 unspecified atom stereocenters. The molecule has 1 radical (unpaired) electrons. The van der Waals surface area contributed by atoms with Crippen LogP contribution in [0.3, 0.4) is 0 Å². The second kappa shape index (κ2) is 6.82. The lowest BCUT2D eigenvalue weighted by atomic mass is 9.92. The molecule has 83 valence electrons. The average molecular weight is 201 g/mol. The second-order valence-electron chi connectivity index (χ2n) is 4.72. The van der Waals surface area contributed by atoms with Crippen LogP contribution in [0.2, 0.25) is 0 Å². The Morgan fingerprint density at radius 3 is 2.29 bits per heavy atom. The lowest BCUT2D eigenvalue weighted by Gasteiger charge is -2.16. The van der Waals surface area contributed by atoms with Gasteiger partial charge in [-0.25, -0.2) is 5.11 Å². The van der Waals surface area contributed by atoms with E-state index in [0.29, 0.717) is 19.4 Å². The molecule has 0 rings (SSSR count). The zero-order chi connectivity index (χ0) is 11.0. The highest BCUT2D eigenvalue weighted by Gasteiger charge is 2.16. The fraction of sp³-hybridized carbons (Fsp3) is 0.909. The zero-order valence-electron chi connectivity index (χ0n) is 9.47. The second-order valence-corrected chi connectivity index (χ2v) is 4.72. The highest BCUT2D eigenvalue weighted by molar-refractivity contribution is 5.70. The molecule has 0 heterocycles.